The third-order valence-electron chi connectivity index (χ3n) is 5.47. The smallest absolute Gasteiger partial charge is 0.255 e. The summed E-state index contributed by atoms with van der Waals surface area (Å²) < 4.78 is 2.07. The van der Waals surface area contributed by atoms with E-state index in [1.807, 2.05) is 42.3 Å². The normalized spacial score (nSPS) is 15.5. The predicted molar refractivity (Wildman–Crippen MR) is 118 cm³/mol. The molecule has 5 nitrogen and oxygen atoms in total. The second kappa shape index (κ2) is 8.69. The van der Waals surface area contributed by atoms with Gasteiger partial charge in [0.05, 0.1) is 5.56 Å². The predicted octanol–water partition coefficient (Wildman–Crippen LogP) is 4.55. The summed E-state index contributed by atoms with van der Waals surface area (Å²) in [7, 11) is 0. The Kier molecular flexibility index (Phi) is 6.04. The van der Waals surface area contributed by atoms with Gasteiger partial charge in [0.2, 0.25) is 0 Å². The fourth-order valence-corrected chi connectivity index (χ4v) is 4.83. The van der Waals surface area contributed by atoms with E-state index in [1.54, 1.807) is 17.5 Å². The van der Waals surface area contributed by atoms with Crippen molar-refractivity contribution in [3.05, 3.63) is 69.4 Å². The summed E-state index contributed by atoms with van der Waals surface area (Å²) >= 11 is 7.57. The molecule has 0 bridgehead atoms. The van der Waals surface area contributed by atoms with Crippen LogP contribution < -0.4 is 0 Å². The molecule has 1 aliphatic heterocycles. The van der Waals surface area contributed by atoms with Gasteiger partial charge in [-0.2, -0.15) is 0 Å². The largest absolute Gasteiger partial charge is 0.337 e. The average molecular weight is 429 g/mol. The minimum Gasteiger partial charge on any atom is -0.337 e. The highest BCUT2D eigenvalue weighted by molar-refractivity contribution is 7.12. The van der Waals surface area contributed by atoms with Gasteiger partial charge in [-0.15, -0.1) is 11.3 Å². The van der Waals surface area contributed by atoms with Crippen LogP contribution in [0.2, 0.25) is 5.02 Å². The third kappa shape index (κ3) is 4.39. The van der Waals surface area contributed by atoms with Crippen LogP contribution in [0.5, 0.6) is 0 Å². The minimum atomic E-state index is 0.120. The lowest BCUT2D eigenvalue weighted by atomic mass is 10.2. The summed E-state index contributed by atoms with van der Waals surface area (Å²) in [5.74, 6) is 0.120. The topological polar surface area (TPSA) is 41.4 Å². The summed E-state index contributed by atoms with van der Waals surface area (Å²) in [6.07, 6.45) is 2.77. The molecule has 1 aliphatic rings. The van der Waals surface area contributed by atoms with Crippen molar-refractivity contribution in [1.29, 1.82) is 0 Å². The molecule has 0 unspecified atom stereocenters. The Bertz CT molecular complexity index is 981. The first kappa shape index (κ1) is 20.1. The van der Waals surface area contributed by atoms with Gasteiger partial charge in [-0.25, -0.2) is 4.98 Å². The van der Waals surface area contributed by atoms with Gasteiger partial charge < -0.3 is 4.90 Å². The lowest BCUT2D eigenvalue weighted by Crippen LogP contribution is -2.35. The number of carbonyl (C=O) groups is 1. The van der Waals surface area contributed by atoms with Crippen LogP contribution in [-0.4, -0.2) is 51.4 Å². The minimum absolute atomic E-state index is 0.120. The molecule has 1 aromatic carbocycles. The third-order valence-corrected chi connectivity index (χ3v) is 6.48. The Labute approximate surface area is 180 Å². The number of nitrogens with zero attached hydrogens (tertiary/aromatic N) is 4. The first-order valence-electron chi connectivity index (χ1n) is 9.88. The SMILES string of the molecule is Cc1cc(C(=O)N2CCCN(Cc3ccc(Cl)cc3)CC2)c(C)n1-c1nccs1. The molecule has 2 aromatic heterocycles. The maximum absolute atomic E-state index is 13.3. The molecule has 3 aromatic rings. The van der Waals surface area contributed by atoms with Gasteiger partial charge in [0, 0.05) is 60.7 Å². The van der Waals surface area contributed by atoms with Crippen LogP contribution >= 0.6 is 22.9 Å². The molecule has 1 amide bonds. The molecule has 3 heterocycles. The van der Waals surface area contributed by atoms with Crippen molar-refractivity contribution in [3.8, 4) is 5.13 Å². The van der Waals surface area contributed by atoms with Crippen LogP contribution in [0.3, 0.4) is 0 Å². The summed E-state index contributed by atoms with van der Waals surface area (Å²) in [5, 5.41) is 3.63. The quantitative estimate of drug-likeness (QED) is 0.612. The van der Waals surface area contributed by atoms with Gasteiger partial charge in [-0.1, -0.05) is 23.7 Å². The number of carbonyl (C=O) groups excluding carboxylic acids is 1. The van der Waals surface area contributed by atoms with Gasteiger partial charge >= 0.3 is 0 Å². The van der Waals surface area contributed by atoms with Crippen LogP contribution in [0.1, 0.15) is 33.7 Å². The molecule has 29 heavy (non-hydrogen) atoms. The lowest BCUT2D eigenvalue weighted by Gasteiger charge is -2.22. The van der Waals surface area contributed by atoms with Crippen molar-refractivity contribution in [2.45, 2.75) is 26.8 Å². The maximum Gasteiger partial charge on any atom is 0.255 e. The van der Waals surface area contributed by atoms with Crippen molar-refractivity contribution in [1.82, 2.24) is 19.4 Å². The standard InChI is InChI=1S/C22H25ClN4OS/c1-16-14-20(17(2)27(16)22-24-8-13-29-22)21(28)26-10-3-9-25(11-12-26)15-18-4-6-19(23)7-5-18/h4-8,13-14H,3,9-12,15H2,1-2H3. The molecule has 1 saturated heterocycles. The van der Waals surface area contributed by atoms with E-state index in [2.05, 4.69) is 26.6 Å². The number of amides is 1. The number of aromatic nitrogens is 2. The fourth-order valence-electron chi connectivity index (χ4n) is 3.95. The van der Waals surface area contributed by atoms with E-state index in [0.717, 1.165) is 66.3 Å². The molecule has 7 heteroatoms. The Morgan fingerprint density at radius 3 is 2.66 bits per heavy atom. The first-order valence-corrected chi connectivity index (χ1v) is 11.1. The zero-order valence-corrected chi connectivity index (χ0v) is 18.3. The van der Waals surface area contributed by atoms with E-state index in [1.165, 1.54) is 5.56 Å². The Morgan fingerprint density at radius 1 is 1.14 bits per heavy atom. The second-order valence-corrected chi connectivity index (χ2v) is 8.79. The van der Waals surface area contributed by atoms with Crippen molar-refractivity contribution in [2.24, 2.45) is 0 Å². The van der Waals surface area contributed by atoms with Crippen LogP contribution in [0.15, 0.2) is 41.9 Å². The molecular weight excluding hydrogens is 404 g/mol. The molecule has 1 fully saturated rings. The molecule has 0 radical (unpaired) electrons. The van der Waals surface area contributed by atoms with Crippen LogP contribution in [0.4, 0.5) is 0 Å². The maximum atomic E-state index is 13.3. The molecule has 0 N–H and O–H groups in total. The van der Waals surface area contributed by atoms with Crippen molar-refractivity contribution in [2.75, 3.05) is 26.2 Å². The molecule has 0 spiro atoms. The molecule has 152 valence electrons. The van der Waals surface area contributed by atoms with E-state index in [4.69, 9.17) is 11.6 Å². The van der Waals surface area contributed by atoms with Crippen molar-refractivity contribution in [3.63, 3.8) is 0 Å². The highest BCUT2D eigenvalue weighted by atomic mass is 35.5. The Morgan fingerprint density at radius 2 is 1.93 bits per heavy atom. The number of thiazole rings is 1. The number of hydrogen-bond donors (Lipinski definition) is 0. The zero-order valence-electron chi connectivity index (χ0n) is 16.8. The Hall–Kier alpha value is -2.15. The van der Waals surface area contributed by atoms with Gasteiger partial charge in [0.25, 0.3) is 5.91 Å². The van der Waals surface area contributed by atoms with Gasteiger partial charge in [-0.3, -0.25) is 14.3 Å². The summed E-state index contributed by atoms with van der Waals surface area (Å²) in [5.41, 5.74) is 4.04. The summed E-state index contributed by atoms with van der Waals surface area (Å²) in [4.78, 5) is 22.1. The van der Waals surface area contributed by atoms with E-state index < -0.39 is 0 Å². The molecular formula is C22H25ClN4OS. The first-order chi connectivity index (χ1) is 14.0. The van der Waals surface area contributed by atoms with Crippen molar-refractivity contribution < 1.29 is 4.79 Å². The number of halogens is 1. The van der Waals surface area contributed by atoms with Crippen LogP contribution in [0.25, 0.3) is 5.13 Å². The number of hydrogen-bond acceptors (Lipinski definition) is 4. The van der Waals surface area contributed by atoms with E-state index in [9.17, 15) is 4.79 Å². The molecule has 4 rings (SSSR count). The van der Waals surface area contributed by atoms with Crippen LogP contribution in [-0.2, 0) is 6.54 Å². The monoisotopic (exact) mass is 428 g/mol. The summed E-state index contributed by atoms with van der Waals surface area (Å²) in [6, 6.07) is 10.0. The number of benzene rings is 1. The van der Waals surface area contributed by atoms with Crippen molar-refractivity contribution >= 4 is 28.8 Å². The molecule has 0 atom stereocenters. The number of rotatable bonds is 4. The second-order valence-electron chi connectivity index (χ2n) is 7.48. The highest BCUT2D eigenvalue weighted by Gasteiger charge is 2.24. The van der Waals surface area contributed by atoms with Crippen LogP contribution in [0, 0.1) is 13.8 Å². The zero-order chi connectivity index (χ0) is 20.4. The van der Waals surface area contributed by atoms with E-state index in [-0.39, 0.29) is 5.91 Å². The van der Waals surface area contributed by atoms with E-state index >= 15 is 0 Å². The molecule has 0 saturated carbocycles. The fraction of sp³-hybridized carbons (Fsp3) is 0.364. The number of aryl methyl sites for hydroxylation is 1. The Balaban J connectivity index is 1.45. The lowest BCUT2D eigenvalue weighted by molar-refractivity contribution is 0.0760. The van der Waals surface area contributed by atoms with Gasteiger partial charge in [0.15, 0.2) is 5.13 Å². The molecule has 0 aliphatic carbocycles. The summed E-state index contributed by atoms with van der Waals surface area (Å²) in [6.45, 7) is 8.32. The van der Waals surface area contributed by atoms with Gasteiger partial charge in [0.1, 0.15) is 0 Å². The highest BCUT2D eigenvalue weighted by Crippen LogP contribution is 2.24. The van der Waals surface area contributed by atoms with Gasteiger partial charge in [-0.05, 0) is 44.0 Å². The van der Waals surface area contributed by atoms with E-state index in [0.29, 0.717) is 0 Å². The average Bonchev–Trinajstić information content (AvgIpc) is 3.25.